The van der Waals surface area contributed by atoms with Crippen molar-refractivity contribution in [2.75, 3.05) is 11.9 Å². The van der Waals surface area contributed by atoms with Crippen LogP contribution in [0.4, 0.5) is 10.5 Å². The highest BCUT2D eigenvalue weighted by Crippen LogP contribution is 2.19. The molecule has 4 nitrogen and oxygen atoms in total. The van der Waals surface area contributed by atoms with Crippen molar-refractivity contribution >= 4 is 11.7 Å². The summed E-state index contributed by atoms with van der Waals surface area (Å²) in [5, 5.41) is 0. The van der Waals surface area contributed by atoms with Gasteiger partial charge in [0.15, 0.2) is 0 Å². The Labute approximate surface area is 89.6 Å². The third-order valence-electron chi connectivity index (χ3n) is 1.93. The van der Waals surface area contributed by atoms with Crippen LogP contribution in [-0.2, 0) is 0 Å². The first-order valence-corrected chi connectivity index (χ1v) is 4.80. The van der Waals surface area contributed by atoms with Gasteiger partial charge in [0, 0.05) is 12.7 Å². The van der Waals surface area contributed by atoms with Crippen LogP contribution < -0.4 is 15.4 Å². The molecule has 0 fully saturated rings. The molecular weight excluding hydrogens is 192 g/mol. The van der Waals surface area contributed by atoms with Crippen LogP contribution in [0.15, 0.2) is 24.3 Å². The Morgan fingerprint density at radius 3 is 2.27 bits per heavy atom. The van der Waals surface area contributed by atoms with E-state index >= 15 is 0 Å². The van der Waals surface area contributed by atoms with E-state index in [9.17, 15) is 4.79 Å². The number of hydrogen-bond acceptors (Lipinski definition) is 2. The van der Waals surface area contributed by atoms with Crippen LogP contribution in [0.3, 0.4) is 0 Å². The summed E-state index contributed by atoms with van der Waals surface area (Å²) in [6.45, 7) is 3.92. The van der Waals surface area contributed by atoms with Gasteiger partial charge in [0.1, 0.15) is 5.75 Å². The highest BCUT2D eigenvalue weighted by atomic mass is 16.5. The molecule has 0 aliphatic heterocycles. The second kappa shape index (κ2) is 4.68. The highest BCUT2D eigenvalue weighted by molar-refractivity contribution is 5.89. The predicted molar refractivity (Wildman–Crippen MR) is 60.2 cm³/mol. The fourth-order valence-electron chi connectivity index (χ4n) is 1.15. The van der Waals surface area contributed by atoms with E-state index in [2.05, 4.69) is 0 Å². The number of carbonyl (C=O) groups is 1. The summed E-state index contributed by atoms with van der Waals surface area (Å²) in [7, 11) is 1.63. The van der Waals surface area contributed by atoms with E-state index in [0.29, 0.717) is 0 Å². The number of nitrogens with two attached hydrogens (primary N) is 1. The zero-order valence-corrected chi connectivity index (χ0v) is 9.23. The molecular formula is C11H16N2O2. The summed E-state index contributed by atoms with van der Waals surface area (Å²) in [6, 6.07) is 6.74. The summed E-state index contributed by atoms with van der Waals surface area (Å²) in [4.78, 5) is 12.3. The van der Waals surface area contributed by atoms with Gasteiger partial charge in [0.05, 0.1) is 6.10 Å². The topological polar surface area (TPSA) is 55.6 Å². The Kier molecular flexibility index (Phi) is 3.55. The average molecular weight is 208 g/mol. The van der Waals surface area contributed by atoms with Gasteiger partial charge in [0.25, 0.3) is 0 Å². The minimum atomic E-state index is -0.479. The second-order valence-electron chi connectivity index (χ2n) is 3.56. The molecule has 0 saturated heterocycles. The lowest BCUT2D eigenvalue weighted by atomic mass is 10.3. The van der Waals surface area contributed by atoms with Crippen LogP contribution in [0.25, 0.3) is 0 Å². The third-order valence-corrected chi connectivity index (χ3v) is 1.93. The lowest BCUT2D eigenvalue weighted by molar-refractivity contribution is 0.242. The summed E-state index contributed by atoms with van der Waals surface area (Å²) >= 11 is 0. The molecule has 1 aromatic rings. The van der Waals surface area contributed by atoms with Crippen molar-refractivity contribution in [3.63, 3.8) is 0 Å². The summed E-state index contributed by atoms with van der Waals surface area (Å²) in [5.74, 6) is 0.784. The zero-order valence-electron chi connectivity index (χ0n) is 9.23. The quantitative estimate of drug-likeness (QED) is 0.825. The molecule has 2 N–H and O–H groups in total. The number of nitrogens with zero attached hydrogens (tertiary/aromatic N) is 1. The first kappa shape index (κ1) is 11.4. The van der Waals surface area contributed by atoms with Crippen LogP contribution >= 0.6 is 0 Å². The molecule has 15 heavy (non-hydrogen) atoms. The van der Waals surface area contributed by atoms with Crippen molar-refractivity contribution < 1.29 is 9.53 Å². The van der Waals surface area contributed by atoms with Crippen LogP contribution in [0.5, 0.6) is 5.75 Å². The van der Waals surface area contributed by atoms with Crippen LogP contribution in [0, 0.1) is 0 Å². The van der Waals surface area contributed by atoms with E-state index in [1.54, 1.807) is 19.2 Å². The molecule has 1 rings (SSSR count). The Balaban J connectivity index is 2.76. The van der Waals surface area contributed by atoms with Gasteiger partial charge in [0.2, 0.25) is 0 Å². The number of benzene rings is 1. The molecule has 0 aliphatic carbocycles. The monoisotopic (exact) mass is 208 g/mol. The van der Waals surface area contributed by atoms with Crippen molar-refractivity contribution in [2.24, 2.45) is 5.73 Å². The van der Waals surface area contributed by atoms with Crippen LogP contribution in [-0.4, -0.2) is 19.2 Å². The zero-order chi connectivity index (χ0) is 11.4. The van der Waals surface area contributed by atoms with E-state index in [1.807, 2.05) is 26.0 Å². The van der Waals surface area contributed by atoms with E-state index in [4.69, 9.17) is 10.5 Å². The van der Waals surface area contributed by atoms with Gasteiger partial charge in [-0.05, 0) is 38.1 Å². The lowest BCUT2D eigenvalue weighted by Crippen LogP contribution is -2.31. The smallest absolute Gasteiger partial charge is 0.318 e. The molecule has 0 saturated carbocycles. The molecule has 0 atom stereocenters. The third kappa shape index (κ3) is 3.16. The van der Waals surface area contributed by atoms with Crippen molar-refractivity contribution in [1.29, 1.82) is 0 Å². The maximum atomic E-state index is 10.9. The van der Waals surface area contributed by atoms with E-state index in [1.165, 1.54) is 4.90 Å². The molecule has 4 heteroatoms. The van der Waals surface area contributed by atoms with Gasteiger partial charge in [-0.25, -0.2) is 4.79 Å². The fourth-order valence-corrected chi connectivity index (χ4v) is 1.15. The van der Waals surface area contributed by atoms with Gasteiger partial charge < -0.3 is 10.5 Å². The predicted octanol–water partition coefficient (Wildman–Crippen LogP) is 1.99. The molecule has 0 radical (unpaired) electrons. The second-order valence-corrected chi connectivity index (χ2v) is 3.56. The van der Waals surface area contributed by atoms with Crippen molar-refractivity contribution in [3.05, 3.63) is 24.3 Å². The van der Waals surface area contributed by atoms with Gasteiger partial charge in [-0.2, -0.15) is 0 Å². The molecule has 0 aliphatic rings. The normalized spacial score (nSPS) is 10.1. The SMILES string of the molecule is CC(C)Oc1ccc(N(C)C(N)=O)cc1. The molecule has 0 heterocycles. The maximum absolute atomic E-state index is 10.9. The largest absolute Gasteiger partial charge is 0.491 e. The number of urea groups is 1. The van der Waals surface area contributed by atoms with Crippen LogP contribution in [0.2, 0.25) is 0 Å². The minimum Gasteiger partial charge on any atom is -0.491 e. The first-order valence-electron chi connectivity index (χ1n) is 4.80. The highest BCUT2D eigenvalue weighted by Gasteiger charge is 2.06. The molecule has 1 aromatic carbocycles. The molecule has 0 unspecified atom stereocenters. The standard InChI is InChI=1S/C11H16N2O2/c1-8(2)15-10-6-4-9(5-7-10)13(3)11(12)14/h4-8H,1-3H3,(H2,12,14). The van der Waals surface area contributed by atoms with Crippen molar-refractivity contribution in [2.45, 2.75) is 20.0 Å². The number of amides is 2. The molecule has 82 valence electrons. The molecule has 0 aromatic heterocycles. The summed E-state index contributed by atoms with van der Waals surface area (Å²) in [6.07, 6.45) is 0.143. The van der Waals surface area contributed by atoms with E-state index in [-0.39, 0.29) is 6.10 Å². The Hall–Kier alpha value is -1.71. The number of carbonyl (C=O) groups excluding carboxylic acids is 1. The number of hydrogen-bond donors (Lipinski definition) is 1. The summed E-state index contributed by atoms with van der Waals surface area (Å²) < 4.78 is 5.47. The van der Waals surface area contributed by atoms with E-state index in [0.717, 1.165) is 11.4 Å². The van der Waals surface area contributed by atoms with Gasteiger partial charge >= 0.3 is 6.03 Å². The van der Waals surface area contributed by atoms with Gasteiger partial charge in [-0.15, -0.1) is 0 Å². The molecule has 0 spiro atoms. The Bertz CT molecular complexity index is 333. The fraction of sp³-hybridized carbons (Fsp3) is 0.364. The Morgan fingerprint density at radius 2 is 1.87 bits per heavy atom. The van der Waals surface area contributed by atoms with Crippen molar-refractivity contribution in [1.82, 2.24) is 0 Å². The van der Waals surface area contributed by atoms with Crippen LogP contribution in [0.1, 0.15) is 13.8 Å². The number of rotatable bonds is 3. The average Bonchev–Trinajstić information content (AvgIpc) is 2.17. The Morgan fingerprint density at radius 1 is 1.33 bits per heavy atom. The molecule has 0 bridgehead atoms. The van der Waals surface area contributed by atoms with Gasteiger partial charge in [-0.1, -0.05) is 0 Å². The summed E-state index contributed by atoms with van der Waals surface area (Å²) in [5.41, 5.74) is 5.89. The minimum absolute atomic E-state index is 0.143. The molecule has 2 amide bonds. The first-order chi connectivity index (χ1) is 7.00. The number of anilines is 1. The van der Waals surface area contributed by atoms with Crippen molar-refractivity contribution in [3.8, 4) is 5.75 Å². The number of primary amides is 1. The van der Waals surface area contributed by atoms with E-state index < -0.39 is 6.03 Å². The lowest BCUT2D eigenvalue weighted by Gasteiger charge is -2.15. The maximum Gasteiger partial charge on any atom is 0.318 e. The number of ether oxygens (including phenoxy) is 1. The van der Waals surface area contributed by atoms with Gasteiger partial charge in [-0.3, -0.25) is 4.90 Å².